The maximum atomic E-state index is 13.5. The summed E-state index contributed by atoms with van der Waals surface area (Å²) in [7, 11) is 2.79. The number of ether oxygens (including phenoxy) is 2. The van der Waals surface area contributed by atoms with Crippen molar-refractivity contribution in [2.24, 2.45) is 0 Å². The molecule has 30 heavy (non-hydrogen) atoms. The summed E-state index contributed by atoms with van der Waals surface area (Å²) < 4.78 is 24.0. The SMILES string of the molecule is COc1cc([C@@H](NCCc2ccccc2)c2ccc(F)cc2)cc([N+](=O)[O-])c1OC. The van der Waals surface area contributed by atoms with Crippen molar-refractivity contribution in [3.63, 3.8) is 0 Å². The molecule has 1 N–H and O–H groups in total. The zero-order valence-corrected chi connectivity index (χ0v) is 16.8. The molecule has 0 saturated heterocycles. The fourth-order valence-electron chi connectivity index (χ4n) is 3.36. The Kier molecular flexibility index (Phi) is 6.98. The van der Waals surface area contributed by atoms with Crippen LogP contribution in [0.3, 0.4) is 0 Å². The van der Waals surface area contributed by atoms with Gasteiger partial charge in [0, 0.05) is 12.6 Å². The molecule has 0 saturated carbocycles. The summed E-state index contributed by atoms with van der Waals surface area (Å²) in [6.45, 7) is 0.619. The van der Waals surface area contributed by atoms with Gasteiger partial charge in [0.05, 0.1) is 25.2 Å². The lowest BCUT2D eigenvalue weighted by molar-refractivity contribution is -0.385. The van der Waals surface area contributed by atoms with Gasteiger partial charge in [0.15, 0.2) is 5.75 Å². The van der Waals surface area contributed by atoms with Gasteiger partial charge >= 0.3 is 5.69 Å². The van der Waals surface area contributed by atoms with Gasteiger partial charge < -0.3 is 14.8 Å². The molecule has 0 aliphatic heterocycles. The van der Waals surface area contributed by atoms with Crippen LogP contribution in [0, 0.1) is 15.9 Å². The van der Waals surface area contributed by atoms with Crippen molar-refractivity contribution in [2.45, 2.75) is 12.5 Å². The van der Waals surface area contributed by atoms with Crippen molar-refractivity contribution in [3.05, 3.63) is 99.4 Å². The molecule has 0 aliphatic carbocycles. The summed E-state index contributed by atoms with van der Waals surface area (Å²) in [5.74, 6) is -0.0212. The average molecular weight is 410 g/mol. The van der Waals surface area contributed by atoms with Crippen molar-refractivity contribution in [1.82, 2.24) is 5.32 Å². The average Bonchev–Trinajstić information content (AvgIpc) is 2.77. The minimum atomic E-state index is -0.503. The molecule has 0 aliphatic rings. The topological polar surface area (TPSA) is 73.6 Å². The lowest BCUT2D eigenvalue weighted by atomic mass is 9.97. The number of benzene rings is 3. The Morgan fingerprint density at radius 2 is 1.70 bits per heavy atom. The van der Waals surface area contributed by atoms with E-state index in [1.807, 2.05) is 30.3 Å². The summed E-state index contributed by atoms with van der Waals surface area (Å²) >= 11 is 0. The van der Waals surface area contributed by atoms with Gasteiger partial charge in [0.25, 0.3) is 0 Å². The number of nitro groups is 1. The van der Waals surface area contributed by atoms with E-state index < -0.39 is 11.0 Å². The lowest BCUT2D eigenvalue weighted by Gasteiger charge is -2.21. The van der Waals surface area contributed by atoms with E-state index in [-0.39, 0.29) is 23.0 Å². The highest BCUT2D eigenvalue weighted by molar-refractivity contribution is 5.59. The second-order valence-electron chi connectivity index (χ2n) is 6.71. The lowest BCUT2D eigenvalue weighted by Crippen LogP contribution is -2.25. The van der Waals surface area contributed by atoms with Crippen LogP contribution < -0.4 is 14.8 Å². The van der Waals surface area contributed by atoms with Crippen LogP contribution in [0.1, 0.15) is 22.7 Å². The van der Waals surface area contributed by atoms with E-state index in [1.165, 1.54) is 38.0 Å². The third-order valence-electron chi connectivity index (χ3n) is 4.82. The number of nitrogens with one attached hydrogen (secondary N) is 1. The second-order valence-corrected chi connectivity index (χ2v) is 6.71. The predicted molar refractivity (Wildman–Crippen MR) is 113 cm³/mol. The summed E-state index contributed by atoms with van der Waals surface area (Å²) in [6.07, 6.45) is 0.772. The quantitative estimate of drug-likeness (QED) is 0.410. The Hall–Kier alpha value is -3.45. The Morgan fingerprint density at radius 1 is 1.00 bits per heavy atom. The van der Waals surface area contributed by atoms with Gasteiger partial charge in [0.1, 0.15) is 5.82 Å². The van der Waals surface area contributed by atoms with Crippen LogP contribution in [0.25, 0.3) is 0 Å². The molecule has 3 rings (SSSR count). The normalized spacial score (nSPS) is 11.7. The number of hydrogen-bond donors (Lipinski definition) is 1. The number of methoxy groups -OCH3 is 2. The van der Waals surface area contributed by atoms with Gasteiger partial charge in [-0.2, -0.15) is 0 Å². The number of nitro benzene ring substituents is 1. The van der Waals surface area contributed by atoms with Gasteiger partial charge in [-0.15, -0.1) is 0 Å². The molecule has 0 amide bonds. The monoisotopic (exact) mass is 410 g/mol. The highest BCUT2D eigenvalue weighted by atomic mass is 19.1. The van der Waals surface area contributed by atoms with Gasteiger partial charge in [-0.05, 0) is 41.3 Å². The molecule has 6 nitrogen and oxygen atoms in total. The molecule has 0 heterocycles. The molecule has 0 fully saturated rings. The zero-order chi connectivity index (χ0) is 21.5. The van der Waals surface area contributed by atoms with Crippen molar-refractivity contribution in [3.8, 4) is 11.5 Å². The van der Waals surface area contributed by atoms with E-state index in [9.17, 15) is 14.5 Å². The zero-order valence-electron chi connectivity index (χ0n) is 16.8. The third-order valence-corrected chi connectivity index (χ3v) is 4.82. The first-order valence-electron chi connectivity index (χ1n) is 9.46. The first-order chi connectivity index (χ1) is 14.5. The summed E-state index contributed by atoms with van der Waals surface area (Å²) in [4.78, 5) is 11.1. The largest absolute Gasteiger partial charge is 0.493 e. The molecule has 0 aromatic heterocycles. The number of hydrogen-bond acceptors (Lipinski definition) is 5. The summed E-state index contributed by atoms with van der Waals surface area (Å²) in [5, 5.41) is 15.0. The second kappa shape index (κ2) is 9.84. The molecule has 0 spiro atoms. The van der Waals surface area contributed by atoms with Gasteiger partial charge in [-0.1, -0.05) is 42.5 Å². The van der Waals surface area contributed by atoms with E-state index in [0.717, 1.165) is 12.0 Å². The predicted octanol–water partition coefficient (Wildman–Crippen LogP) is 4.67. The number of rotatable bonds is 9. The summed E-state index contributed by atoms with van der Waals surface area (Å²) in [6, 6.07) is 18.8. The standard InChI is InChI=1S/C23H23FN2O4/c1-29-21-15-18(14-20(26(27)28)23(21)30-2)22(17-8-10-19(24)11-9-17)25-13-12-16-6-4-3-5-7-16/h3-11,14-15,22,25H,12-13H2,1-2H3/t22-/m0/s1. The molecule has 0 bridgehead atoms. The van der Waals surface area contributed by atoms with E-state index >= 15 is 0 Å². The first-order valence-corrected chi connectivity index (χ1v) is 9.46. The number of halogens is 1. The first kappa shape index (κ1) is 21.3. The van der Waals surface area contributed by atoms with E-state index in [0.29, 0.717) is 12.1 Å². The van der Waals surface area contributed by atoms with Crippen LogP contribution in [0.4, 0.5) is 10.1 Å². The van der Waals surface area contributed by atoms with Gasteiger partial charge in [-0.3, -0.25) is 10.1 Å². The van der Waals surface area contributed by atoms with Crippen LogP contribution in [0.2, 0.25) is 0 Å². The molecular formula is C23H23FN2O4. The van der Waals surface area contributed by atoms with Gasteiger partial charge in [0.2, 0.25) is 5.75 Å². The van der Waals surface area contributed by atoms with Crippen LogP contribution in [-0.2, 0) is 6.42 Å². The van der Waals surface area contributed by atoms with Crippen molar-refractivity contribution in [2.75, 3.05) is 20.8 Å². The van der Waals surface area contributed by atoms with Crippen molar-refractivity contribution < 1.29 is 18.8 Å². The molecule has 0 radical (unpaired) electrons. The molecule has 1 atom stereocenters. The maximum absolute atomic E-state index is 13.5. The Labute approximate surface area is 174 Å². The van der Waals surface area contributed by atoms with Crippen LogP contribution in [-0.4, -0.2) is 25.7 Å². The number of nitrogens with zero attached hydrogens (tertiary/aromatic N) is 1. The smallest absolute Gasteiger partial charge is 0.315 e. The highest BCUT2D eigenvalue weighted by Crippen LogP contribution is 2.40. The molecule has 3 aromatic carbocycles. The Balaban J connectivity index is 1.97. The fraction of sp³-hybridized carbons (Fsp3) is 0.217. The van der Waals surface area contributed by atoms with Crippen LogP contribution in [0.5, 0.6) is 11.5 Å². The maximum Gasteiger partial charge on any atom is 0.315 e. The minimum Gasteiger partial charge on any atom is -0.493 e. The van der Waals surface area contributed by atoms with Gasteiger partial charge in [-0.25, -0.2) is 4.39 Å². The van der Waals surface area contributed by atoms with Crippen LogP contribution >= 0.6 is 0 Å². The van der Waals surface area contributed by atoms with Crippen molar-refractivity contribution >= 4 is 5.69 Å². The van der Waals surface area contributed by atoms with E-state index in [1.54, 1.807) is 18.2 Å². The van der Waals surface area contributed by atoms with Crippen LogP contribution in [0.15, 0.2) is 66.7 Å². The van der Waals surface area contributed by atoms with E-state index in [4.69, 9.17) is 9.47 Å². The molecule has 156 valence electrons. The highest BCUT2D eigenvalue weighted by Gasteiger charge is 2.25. The molecule has 7 heteroatoms. The Bertz CT molecular complexity index is 994. The van der Waals surface area contributed by atoms with E-state index in [2.05, 4.69) is 5.32 Å². The Morgan fingerprint density at radius 3 is 2.30 bits per heavy atom. The van der Waals surface area contributed by atoms with Crippen molar-refractivity contribution in [1.29, 1.82) is 0 Å². The molecule has 3 aromatic rings. The minimum absolute atomic E-state index is 0.0633. The third kappa shape index (κ3) is 4.93. The summed E-state index contributed by atoms with van der Waals surface area (Å²) in [5.41, 5.74) is 2.38. The fourth-order valence-corrected chi connectivity index (χ4v) is 3.36. The molecular weight excluding hydrogens is 387 g/mol. The molecule has 0 unspecified atom stereocenters.